The fourth-order valence-electron chi connectivity index (χ4n) is 3.19. The van der Waals surface area contributed by atoms with E-state index in [4.69, 9.17) is 0 Å². The Morgan fingerprint density at radius 1 is 1.46 bits per heavy atom. The van der Waals surface area contributed by atoms with Crippen molar-refractivity contribution >= 4 is 22.4 Å². The molecule has 3 heterocycles. The van der Waals surface area contributed by atoms with Crippen molar-refractivity contribution in [3.8, 4) is 10.4 Å². The molecule has 24 heavy (non-hydrogen) atoms. The van der Waals surface area contributed by atoms with Crippen molar-refractivity contribution in [2.24, 2.45) is 0 Å². The standard InChI is InChI=1S/C17H23N5OS/c1-4-22-11-5-6-13(22)21(3)16(23)14-15(24-17(18-2)20-14)12-7-9-19-10-8-12/h7-10,13H,4-6,11H2,1-3H3,(H,18,20). The van der Waals surface area contributed by atoms with Crippen LogP contribution in [0.2, 0.25) is 0 Å². The summed E-state index contributed by atoms with van der Waals surface area (Å²) in [5, 5.41) is 3.80. The minimum atomic E-state index is -0.0232. The summed E-state index contributed by atoms with van der Waals surface area (Å²) in [6.45, 7) is 4.15. The Hall–Kier alpha value is -1.99. The van der Waals surface area contributed by atoms with E-state index in [0.29, 0.717) is 5.69 Å². The fraction of sp³-hybridized carbons (Fsp3) is 0.471. The second-order valence-electron chi connectivity index (χ2n) is 5.85. The van der Waals surface area contributed by atoms with E-state index in [9.17, 15) is 4.79 Å². The summed E-state index contributed by atoms with van der Waals surface area (Å²) in [5.74, 6) is -0.0232. The number of pyridine rings is 1. The number of hydrogen-bond acceptors (Lipinski definition) is 6. The number of aromatic nitrogens is 2. The molecule has 0 saturated carbocycles. The molecular weight excluding hydrogens is 322 g/mol. The van der Waals surface area contributed by atoms with Crippen molar-refractivity contribution in [3.05, 3.63) is 30.2 Å². The van der Waals surface area contributed by atoms with Crippen molar-refractivity contribution < 1.29 is 4.79 Å². The summed E-state index contributed by atoms with van der Waals surface area (Å²) in [6, 6.07) is 3.83. The highest BCUT2D eigenvalue weighted by Gasteiger charge is 2.32. The molecule has 0 bridgehead atoms. The van der Waals surface area contributed by atoms with E-state index in [2.05, 4.69) is 27.1 Å². The Kier molecular flexibility index (Phi) is 5.11. The summed E-state index contributed by atoms with van der Waals surface area (Å²) in [4.78, 5) is 26.8. The average molecular weight is 345 g/mol. The van der Waals surface area contributed by atoms with Gasteiger partial charge in [-0.1, -0.05) is 18.3 Å². The molecule has 7 heteroatoms. The van der Waals surface area contributed by atoms with Crippen LogP contribution in [0.25, 0.3) is 10.4 Å². The molecule has 0 radical (unpaired) electrons. The van der Waals surface area contributed by atoms with E-state index in [0.717, 1.165) is 41.5 Å². The molecule has 1 amide bonds. The highest BCUT2D eigenvalue weighted by molar-refractivity contribution is 7.19. The van der Waals surface area contributed by atoms with Crippen LogP contribution in [0.4, 0.5) is 5.13 Å². The maximum absolute atomic E-state index is 13.1. The lowest BCUT2D eigenvalue weighted by Crippen LogP contribution is -2.45. The molecule has 1 unspecified atom stereocenters. The number of nitrogens with zero attached hydrogens (tertiary/aromatic N) is 4. The molecule has 3 rings (SSSR count). The Labute approximate surface area is 146 Å². The molecule has 1 N–H and O–H groups in total. The first-order valence-electron chi connectivity index (χ1n) is 8.26. The van der Waals surface area contributed by atoms with Crippen LogP contribution in [0, 0.1) is 0 Å². The van der Waals surface area contributed by atoms with Gasteiger partial charge in [-0.2, -0.15) is 0 Å². The minimum Gasteiger partial charge on any atom is -0.365 e. The predicted molar refractivity (Wildman–Crippen MR) is 97.3 cm³/mol. The maximum atomic E-state index is 13.1. The molecule has 6 nitrogen and oxygen atoms in total. The van der Waals surface area contributed by atoms with Gasteiger partial charge in [-0.05, 0) is 37.1 Å². The summed E-state index contributed by atoms with van der Waals surface area (Å²) < 4.78 is 0. The number of carbonyl (C=O) groups is 1. The zero-order chi connectivity index (χ0) is 17.1. The third-order valence-corrected chi connectivity index (χ3v) is 5.61. The second-order valence-corrected chi connectivity index (χ2v) is 6.85. The van der Waals surface area contributed by atoms with Gasteiger partial charge in [0, 0.05) is 33.0 Å². The van der Waals surface area contributed by atoms with E-state index in [1.54, 1.807) is 12.4 Å². The minimum absolute atomic E-state index is 0.0232. The fourth-order valence-corrected chi connectivity index (χ4v) is 4.11. The van der Waals surface area contributed by atoms with Gasteiger partial charge in [-0.15, -0.1) is 0 Å². The summed E-state index contributed by atoms with van der Waals surface area (Å²) >= 11 is 1.50. The van der Waals surface area contributed by atoms with E-state index in [1.165, 1.54) is 11.3 Å². The van der Waals surface area contributed by atoms with Crippen LogP contribution in [-0.2, 0) is 0 Å². The highest BCUT2D eigenvalue weighted by atomic mass is 32.1. The third-order valence-electron chi connectivity index (χ3n) is 4.49. The molecule has 2 aromatic rings. The van der Waals surface area contributed by atoms with Crippen molar-refractivity contribution in [1.82, 2.24) is 19.8 Å². The summed E-state index contributed by atoms with van der Waals surface area (Å²) in [6.07, 6.45) is 5.78. The number of likely N-dealkylation sites (tertiary alicyclic amines) is 1. The SMILES string of the molecule is CCN1CCCC1N(C)C(=O)c1nc(NC)sc1-c1ccncc1. The van der Waals surface area contributed by atoms with Crippen LogP contribution in [0.3, 0.4) is 0 Å². The van der Waals surface area contributed by atoms with Crippen molar-refractivity contribution in [3.63, 3.8) is 0 Å². The number of nitrogens with one attached hydrogen (secondary N) is 1. The van der Waals surface area contributed by atoms with Crippen molar-refractivity contribution in [2.45, 2.75) is 25.9 Å². The Morgan fingerprint density at radius 2 is 2.21 bits per heavy atom. The van der Waals surface area contributed by atoms with Crippen LogP contribution >= 0.6 is 11.3 Å². The van der Waals surface area contributed by atoms with Gasteiger partial charge >= 0.3 is 0 Å². The van der Waals surface area contributed by atoms with Crippen LogP contribution in [0.15, 0.2) is 24.5 Å². The number of carbonyl (C=O) groups excluding carboxylic acids is 1. The number of anilines is 1. The van der Waals surface area contributed by atoms with Crippen LogP contribution in [0.5, 0.6) is 0 Å². The first-order valence-corrected chi connectivity index (χ1v) is 9.07. The molecule has 1 aliphatic rings. The van der Waals surface area contributed by atoms with Crippen molar-refractivity contribution in [2.75, 3.05) is 32.5 Å². The lowest BCUT2D eigenvalue weighted by atomic mass is 10.2. The highest BCUT2D eigenvalue weighted by Crippen LogP contribution is 2.34. The monoisotopic (exact) mass is 345 g/mol. The van der Waals surface area contributed by atoms with Crippen LogP contribution < -0.4 is 5.32 Å². The molecule has 1 fully saturated rings. The van der Waals surface area contributed by atoms with Crippen molar-refractivity contribution in [1.29, 1.82) is 0 Å². The number of thiazole rings is 1. The predicted octanol–water partition coefficient (Wildman–Crippen LogP) is 2.76. The second kappa shape index (κ2) is 7.27. The first-order chi connectivity index (χ1) is 11.7. The van der Waals surface area contributed by atoms with Gasteiger partial charge < -0.3 is 10.2 Å². The van der Waals surface area contributed by atoms with Gasteiger partial charge in [0.25, 0.3) is 5.91 Å². The van der Waals surface area contributed by atoms with Gasteiger partial charge in [0.05, 0.1) is 11.0 Å². The molecule has 0 spiro atoms. The molecule has 1 aliphatic heterocycles. The van der Waals surface area contributed by atoms with E-state index in [-0.39, 0.29) is 12.1 Å². The van der Waals surface area contributed by atoms with Gasteiger partial charge in [-0.3, -0.25) is 14.7 Å². The van der Waals surface area contributed by atoms with Gasteiger partial charge in [0.15, 0.2) is 5.13 Å². The van der Waals surface area contributed by atoms with Gasteiger partial charge in [-0.25, -0.2) is 4.98 Å². The Morgan fingerprint density at radius 3 is 2.88 bits per heavy atom. The lowest BCUT2D eigenvalue weighted by molar-refractivity contribution is 0.0543. The maximum Gasteiger partial charge on any atom is 0.275 e. The number of hydrogen-bond donors (Lipinski definition) is 1. The normalized spacial score (nSPS) is 17.9. The molecule has 1 atom stereocenters. The zero-order valence-corrected chi connectivity index (χ0v) is 15.1. The topological polar surface area (TPSA) is 61.4 Å². The zero-order valence-electron chi connectivity index (χ0n) is 14.3. The smallest absolute Gasteiger partial charge is 0.275 e. The van der Waals surface area contributed by atoms with E-state index < -0.39 is 0 Å². The van der Waals surface area contributed by atoms with E-state index >= 15 is 0 Å². The molecule has 0 aromatic carbocycles. The molecular formula is C17H23N5OS. The molecule has 2 aromatic heterocycles. The molecule has 1 saturated heterocycles. The average Bonchev–Trinajstić information content (AvgIpc) is 3.27. The lowest BCUT2D eigenvalue weighted by Gasteiger charge is -2.31. The quantitative estimate of drug-likeness (QED) is 0.903. The van der Waals surface area contributed by atoms with Crippen LogP contribution in [0.1, 0.15) is 30.3 Å². The Balaban J connectivity index is 1.93. The molecule has 0 aliphatic carbocycles. The van der Waals surface area contributed by atoms with Crippen LogP contribution in [-0.4, -0.2) is 59.0 Å². The third kappa shape index (κ3) is 3.14. The number of rotatable bonds is 5. The first kappa shape index (κ1) is 16.9. The summed E-state index contributed by atoms with van der Waals surface area (Å²) in [7, 11) is 3.71. The molecule has 128 valence electrons. The van der Waals surface area contributed by atoms with E-state index in [1.807, 2.05) is 31.1 Å². The Bertz CT molecular complexity index is 702. The van der Waals surface area contributed by atoms with Gasteiger partial charge in [0.2, 0.25) is 0 Å². The summed E-state index contributed by atoms with van der Waals surface area (Å²) in [5.41, 5.74) is 1.49. The largest absolute Gasteiger partial charge is 0.365 e. The van der Waals surface area contributed by atoms with Gasteiger partial charge in [0.1, 0.15) is 5.69 Å². The number of amides is 1.